The maximum absolute atomic E-state index is 13.0. The van der Waals surface area contributed by atoms with E-state index in [-0.39, 0.29) is 16.1 Å². The Labute approximate surface area is 261 Å². The third kappa shape index (κ3) is 8.13. The van der Waals surface area contributed by atoms with Crippen LogP contribution in [0.1, 0.15) is 27.9 Å². The SMILES string of the molecule is O=C(NS(=O)(=O)c1ccc(NCCSc2ccccc2)c([N+](=O)[O-])c1)c1ccc(C2=CCN(Cc3ccccc3)CC2)cc1. The summed E-state index contributed by atoms with van der Waals surface area (Å²) >= 11 is 1.59. The van der Waals surface area contributed by atoms with Crippen molar-refractivity contribution in [1.82, 2.24) is 9.62 Å². The van der Waals surface area contributed by atoms with E-state index in [2.05, 4.69) is 28.4 Å². The molecule has 4 aromatic rings. The summed E-state index contributed by atoms with van der Waals surface area (Å²) in [5, 5.41) is 14.7. The Morgan fingerprint density at radius 2 is 1.64 bits per heavy atom. The summed E-state index contributed by atoms with van der Waals surface area (Å²) in [5.41, 5.74) is 3.40. The summed E-state index contributed by atoms with van der Waals surface area (Å²) in [5.74, 6) is -0.161. The van der Waals surface area contributed by atoms with Crippen LogP contribution in [-0.4, -0.2) is 49.5 Å². The molecule has 44 heavy (non-hydrogen) atoms. The number of nitro benzene ring substituents is 1. The number of thioether (sulfide) groups is 1. The second-order valence-electron chi connectivity index (χ2n) is 10.2. The number of sulfonamides is 1. The van der Waals surface area contributed by atoms with Crippen LogP contribution in [0.5, 0.6) is 0 Å². The number of carbonyl (C=O) groups excluding carboxylic acids is 1. The topological polar surface area (TPSA) is 122 Å². The molecular weight excluding hydrogens is 597 g/mol. The van der Waals surface area contributed by atoms with Crippen molar-refractivity contribution >= 4 is 44.6 Å². The van der Waals surface area contributed by atoms with Crippen LogP contribution in [-0.2, 0) is 16.6 Å². The first-order chi connectivity index (χ1) is 21.3. The molecule has 0 bridgehead atoms. The molecule has 5 rings (SSSR count). The Hall–Kier alpha value is -4.45. The van der Waals surface area contributed by atoms with E-state index < -0.39 is 26.5 Å². The molecule has 0 aliphatic carbocycles. The summed E-state index contributed by atoms with van der Waals surface area (Å²) < 4.78 is 28.0. The van der Waals surface area contributed by atoms with Gasteiger partial charge in [0.1, 0.15) is 5.69 Å². The zero-order valence-electron chi connectivity index (χ0n) is 23.9. The first kappa shape index (κ1) is 31.0. The van der Waals surface area contributed by atoms with E-state index in [1.54, 1.807) is 23.9 Å². The van der Waals surface area contributed by atoms with Gasteiger partial charge in [-0.2, -0.15) is 0 Å². The van der Waals surface area contributed by atoms with Gasteiger partial charge in [-0.3, -0.25) is 19.8 Å². The van der Waals surface area contributed by atoms with Crippen LogP contribution in [0.15, 0.2) is 119 Å². The Balaban J connectivity index is 1.18. The van der Waals surface area contributed by atoms with Crippen molar-refractivity contribution in [3.63, 3.8) is 0 Å². The number of amides is 1. The van der Waals surface area contributed by atoms with Gasteiger partial charge in [0, 0.05) is 48.5 Å². The van der Waals surface area contributed by atoms with Crippen LogP contribution in [0.25, 0.3) is 5.57 Å². The minimum Gasteiger partial charge on any atom is -0.379 e. The lowest BCUT2D eigenvalue weighted by Gasteiger charge is -2.26. The molecule has 11 heteroatoms. The van der Waals surface area contributed by atoms with E-state index in [9.17, 15) is 23.3 Å². The number of rotatable bonds is 12. The highest BCUT2D eigenvalue weighted by Crippen LogP contribution is 2.28. The maximum Gasteiger partial charge on any atom is 0.293 e. The third-order valence-electron chi connectivity index (χ3n) is 7.19. The molecule has 0 saturated heterocycles. The van der Waals surface area contributed by atoms with Gasteiger partial charge < -0.3 is 5.32 Å². The number of hydrogen-bond donors (Lipinski definition) is 2. The van der Waals surface area contributed by atoms with Crippen molar-refractivity contribution in [3.8, 4) is 0 Å². The van der Waals surface area contributed by atoms with E-state index in [1.807, 2.05) is 65.4 Å². The van der Waals surface area contributed by atoms with Gasteiger partial charge >= 0.3 is 0 Å². The fourth-order valence-corrected chi connectivity index (χ4v) is 6.67. The highest BCUT2D eigenvalue weighted by Gasteiger charge is 2.24. The Morgan fingerprint density at radius 1 is 0.932 bits per heavy atom. The molecule has 0 spiro atoms. The van der Waals surface area contributed by atoms with E-state index >= 15 is 0 Å². The van der Waals surface area contributed by atoms with Gasteiger partial charge in [-0.05, 0) is 59.5 Å². The molecule has 0 fully saturated rings. The third-order valence-corrected chi connectivity index (χ3v) is 9.54. The molecule has 0 aromatic heterocycles. The van der Waals surface area contributed by atoms with Crippen LogP contribution in [0.4, 0.5) is 11.4 Å². The summed E-state index contributed by atoms with van der Waals surface area (Å²) in [6.07, 6.45) is 3.04. The molecular formula is C33H32N4O5S2. The van der Waals surface area contributed by atoms with Gasteiger partial charge in [0.05, 0.1) is 9.82 Å². The minimum atomic E-state index is -4.36. The molecule has 2 N–H and O–H groups in total. The van der Waals surface area contributed by atoms with Crippen LogP contribution in [0.2, 0.25) is 0 Å². The summed E-state index contributed by atoms with van der Waals surface area (Å²) in [6.45, 7) is 3.04. The zero-order chi connectivity index (χ0) is 30.9. The van der Waals surface area contributed by atoms with Gasteiger partial charge in [0.15, 0.2) is 0 Å². The van der Waals surface area contributed by atoms with Gasteiger partial charge in [0.2, 0.25) is 0 Å². The predicted octanol–water partition coefficient (Wildman–Crippen LogP) is 6.21. The largest absolute Gasteiger partial charge is 0.379 e. The normalized spacial score (nSPS) is 13.6. The second-order valence-corrected chi connectivity index (χ2v) is 13.1. The molecule has 0 atom stereocenters. The molecule has 9 nitrogen and oxygen atoms in total. The highest BCUT2D eigenvalue weighted by atomic mass is 32.2. The number of nitrogens with one attached hydrogen (secondary N) is 2. The fourth-order valence-electron chi connectivity index (χ4n) is 4.88. The molecule has 4 aromatic carbocycles. The first-order valence-corrected chi connectivity index (χ1v) is 16.6. The first-order valence-electron chi connectivity index (χ1n) is 14.1. The average molecular weight is 629 g/mol. The van der Waals surface area contributed by atoms with Crippen LogP contribution in [0, 0.1) is 10.1 Å². The van der Waals surface area contributed by atoms with E-state index in [0.29, 0.717) is 12.3 Å². The highest BCUT2D eigenvalue weighted by molar-refractivity contribution is 7.99. The monoisotopic (exact) mass is 628 g/mol. The van der Waals surface area contributed by atoms with Crippen molar-refractivity contribution in [2.24, 2.45) is 0 Å². The lowest BCUT2D eigenvalue weighted by molar-refractivity contribution is -0.384. The van der Waals surface area contributed by atoms with Gasteiger partial charge in [-0.15, -0.1) is 11.8 Å². The van der Waals surface area contributed by atoms with Gasteiger partial charge in [-0.25, -0.2) is 13.1 Å². The Bertz CT molecular complexity index is 1750. The van der Waals surface area contributed by atoms with Gasteiger partial charge in [0.25, 0.3) is 21.6 Å². The smallest absolute Gasteiger partial charge is 0.293 e. The van der Waals surface area contributed by atoms with Gasteiger partial charge in [-0.1, -0.05) is 66.7 Å². The number of nitro groups is 1. The average Bonchev–Trinajstić information content (AvgIpc) is 3.04. The summed E-state index contributed by atoms with van der Waals surface area (Å²) in [6, 6.07) is 30.4. The van der Waals surface area contributed by atoms with Crippen molar-refractivity contribution in [3.05, 3.63) is 136 Å². The molecule has 0 radical (unpaired) electrons. The summed E-state index contributed by atoms with van der Waals surface area (Å²) in [4.78, 5) is 27.0. The fraction of sp³-hybridized carbons (Fsp3) is 0.182. The molecule has 1 amide bonds. The Morgan fingerprint density at radius 3 is 2.30 bits per heavy atom. The standard InChI is InChI=1S/C33H32N4O5S2/c38-33(28-13-11-26(12-14-28)27-17-20-36(21-18-27)24-25-7-3-1-4-8-25)35-44(41,42)30-15-16-31(32(23-30)37(39)40)34-19-22-43-29-9-5-2-6-10-29/h1-17,23,34H,18-22,24H2,(H,35,38). The zero-order valence-corrected chi connectivity index (χ0v) is 25.5. The van der Waals surface area contributed by atoms with Crippen molar-refractivity contribution in [2.45, 2.75) is 22.8 Å². The van der Waals surface area contributed by atoms with E-state index in [1.165, 1.54) is 23.3 Å². The number of hydrogen-bond acceptors (Lipinski definition) is 8. The van der Waals surface area contributed by atoms with Crippen LogP contribution < -0.4 is 10.0 Å². The number of anilines is 1. The number of nitrogens with zero attached hydrogens (tertiary/aromatic N) is 2. The summed E-state index contributed by atoms with van der Waals surface area (Å²) in [7, 11) is -4.36. The van der Waals surface area contributed by atoms with E-state index in [4.69, 9.17) is 0 Å². The van der Waals surface area contributed by atoms with Crippen molar-refractivity contribution in [1.29, 1.82) is 0 Å². The van der Waals surface area contributed by atoms with Crippen molar-refractivity contribution in [2.75, 3.05) is 30.7 Å². The minimum absolute atomic E-state index is 0.170. The molecule has 1 aliphatic rings. The van der Waals surface area contributed by atoms with Crippen LogP contribution >= 0.6 is 11.8 Å². The molecule has 1 aliphatic heterocycles. The number of benzene rings is 4. The lowest BCUT2D eigenvalue weighted by Crippen LogP contribution is -2.30. The van der Waals surface area contributed by atoms with Crippen LogP contribution in [0.3, 0.4) is 0 Å². The number of carbonyl (C=O) groups is 1. The maximum atomic E-state index is 13.0. The van der Waals surface area contributed by atoms with E-state index in [0.717, 1.165) is 42.6 Å². The molecule has 226 valence electrons. The molecule has 0 saturated carbocycles. The molecule has 0 unspecified atom stereocenters. The molecule has 1 heterocycles. The Kier molecular flexibility index (Phi) is 10.1. The predicted molar refractivity (Wildman–Crippen MR) is 174 cm³/mol. The van der Waals surface area contributed by atoms with Crippen molar-refractivity contribution < 1.29 is 18.1 Å². The quantitative estimate of drug-likeness (QED) is 0.0823. The lowest BCUT2D eigenvalue weighted by atomic mass is 9.98. The second kappa shape index (κ2) is 14.3.